The third-order valence-corrected chi connectivity index (χ3v) is 5.08. The lowest BCUT2D eigenvalue weighted by Gasteiger charge is -2.36. The summed E-state index contributed by atoms with van der Waals surface area (Å²) in [6, 6.07) is 0. The van der Waals surface area contributed by atoms with Gasteiger partial charge in [0, 0.05) is 18.5 Å². The molecule has 3 nitrogen and oxygen atoms in total. The van der Waals surface area contributed by atoms with Gasteiger partial charge >= 0.3 is 0 Å². The Kier molecular flexibility index (Phi) is 4.31. The molecule has 0 aromatic rings. The summed E-state index contributed by atoms with van der Waals surface area (Å²) in [7, 11) is 0. The lowest BCUT2D eigenvalue weighted by atomic mass is 9.80. The van der Waals surface area contributed by atoms with Crippen molar-refractivity contribution in [3.63, 3.8) is 0 Å². The van der Waals surface area contributed by atoms with Gasteiger partial charge in [-0.15, -0.1) is 0 Å². The highest BCUT2D eigenvalue weighted by Crippen LogP contribution is 2.41. The van der Waals surface area contributed by atoms with Crippen LogP contribution in [0.4, 0.5) is 0 Å². The lowest BCUT2D eigenvalue weighted by molar-refractivity contribution is -0.131. The van der Waals surface area contributed by atoms with Crippen molar-refractivity contribution in [2.45, 2.75) is 58.8 Å². The molecule has 2 aliphatic rings. The first-order chi connectivity index (χ1) is 8.60. The number of piperidine rings is 1. The molecule has 1 aliphatic heterocycles. The van der Waals surface area contributed by atoms with Crippen molar-refractivity contribution in [2.24, 2.45) is 10.8 Å². The van der Waals surface area contributed by atoms with Gasteiger partial charge in [-0.25, -0.2) is 0 Å². The SMILES string of the molecule is CCC1(C(=O)NCC2(C)CCCNC2)CCCC1. The maximum absolute atomic E-state index is 12.5. The van der Waals surface area contributed by atoms with Crippen LogP contribution in [0.5, 0.6) is 0 Å². The standard InChI is InChI=1S/C15H28N2O/c1-3-15(8-4-5-9-15)13(18)17-12-14(2)7-6-10-16-11-14/h16H,3-12H2,1-2H3,(H,17,18). The average molecular weight is 252 g/mol. The molecule has 1 heterocycles. The van der Waals surface area contributed by atoms with Crippen LogP contribution in [-0.4, -0.2) is 25.5 Å². The van der Waals surface area contributed by atoms with E-state index in [1.165, 1.54) is 25.7 Å². The van der Waals surface area contributed by atoms with E-state index in [0.29, 0.717) is 5.91 Å². The number of amides is 1. The number of nitrogens with one attached hydrogen (secondary N) is 2. The van der Waals surface area contributed by atoms with Crippen LogP contribution >= 0.6 is 0 Å². The van der Waals surface area contributed by atoms with Crippen molar-refractivity contribution in [1.82, 2.24) is 10.6 Å². The van der Waals surface area contributed by atoms with Crippen LogP contribution in [-0.2, 0) is 4.79 Å². The Balaban J connectivity index is 1.87. The highest BCUT2D eigenvalue weighted by molar-refractivity contribution is 5.82. The molecule has 0 radical (unpaired) electrons. The largest absolute Gasteiger partial charge is 0.355 e. The fourth-order valence-electron chi connectivity index (χ4n) is 3.54. The Labute approximate surface area is 111 Å². The molecule has 0 aromatic heterocycles. The van der Waals surface area contributed by atoms with E-state index in [1.54, 1.807) is 0 Å². The average Bonchev–Trinajstić information content (AvgIpc) is 2.87. The van der Waals surface area contributed by atoms with Crippen molar-refractivity contribution in [2.75, 3.05) is 19.6 Å². The molecular formula is C15H28N2O. The summed E-state index contributed by atoms with van der Waals surface area (Å²) in [4.78, 5) is 12.5. The van der Waals surface area contributed by atoms with Gasteiger partial charge in [0.15, 0.2) is 0 Å². The van der Waals surface area contributed by atoms with Gasteiger partial charge in [-0.1, -0.05) is 26.7 Å². The summed E-state index contributed by atoms with van der Waals surface area (Å²) in [6.45, 7) is 7.44. The molecule has 0 spiro atoms. The van der Waals surface area contributed by atoms with Gasteiger partial charge in [0.05, 0.1) is 0 Å². The van der Waals surface area contributed by atoms with Crippen LogP contribution in [0, 0.1) is 10.8 Å². The first-order valence-corrected chi connectivity index (χ1v) is 7.59. The molecule has 1 amide bonds. The predicted octanol–water partition coefficient (Wildman–Crippen LogP) is 2.46. The molecule has 104 valence electrons. The van der Waals surface area contributed by atoms with E-state index in [9.17, 15) is 4.79 Å². The van der Waals surface area contributed by atoms with Crippen LogP contribution < -0.4 is 10.6 Å². The van der Waals surface area contributed by atoms with Crippen molar-refractivity contribution in [3.05, 3.63) is 0 Å². The molecular weight excluding hydrogens is 224 g/mol. The summed E-state index contributed by atoms with van der Waals surface area (Å²) >= 11 is 0. The monoisotopic (exact) mass is 252 g/mol. The molecule has 1 saturated heterocycles. The second kappa shape index (κ2) is 5.60. The van der Waals surface area contributed by atoms with Gasteiger partial charge in [-0.2, -0.15) is 0 Å². The van der Waals surface area contributed by atoms with Gasteiger partial charge in [0.25, 0.3) is 0 Å². The maximum Gasteiger partial charge on any atom is 0.226 e. The number of carbonyl (C=O) groups is 1. The Hall–Kier alpha value is -0.570. The minimum absolute atomic E-state index is 0.0432. The van der Waals surface area contributed by atoms with E-state index >= 15 is 0 Å². The Morgan fingerprint density at radius 3 is 2.50 bits per heavy atom. The fourth-order valence-corrected chi connectivity index (χ4v) is 3.54. The molecule has 1 saturated carbocycles. The first-order valence-electron chi connectivity index (χ1n) is 7.59. The van der Waals surface area contributed by atoms with E-state index < -0.39 is 0 Å². The molecule has 18 heavy (non-hydrogen) atoms. The summed E-state index contributed by atoms with van der Waals surface area (Å²) in [5, 5.41) is 6.69. The van der Waals surface area contributed by atoms with Crippen LogP contribution in [0.25, 0.3) is 0 Å². The van der Waals surface area contributed by atoms with Gasteiger partial charge in [-0.3, -0.25) is 4.79 Å². The van der Waals surface area contributed by atoms with Crippen LogP contribution in [0.2, 0.25) is 0 Å². The Bertz CT molecular complexity index is 289. The minimum Gasteiger partial charge on any atom is -0.355 e. The fraction of sp³-hybridized carbons (Fsp3) is 0.933. The topological polar surface area (TPSA) is 41.1 Å². The van der Waals surface area contributed by atoms with Crippen molar-refractivity contribution in [3.8, 4) is 0 Å². The minimum atomic E-state index is -0.0432. The van der Waals surface area contributed by atoms with Gasteiger partial charge in [-0.05, 0) is 44.1 Å². The zero-order valence-electron chi connectivity index (χ0n) is 12.0. The Morgan fingerprint density at radius 1 is 1.22 bits per heavy atom. The molecule has 2 N–H and O–H groups in total. The number of hydrogen-bond acceptors (Lipinski definition) is 2. The van der Waals surface area contributed by atoms with Crippen LogP contribution in [0.3, 0.4) is 0 Å². The quantitative estimate of drug-likeness (QED) is 0.807. The maximum atomic E-state index is 12.5. The normalized spacial score (nSPS) is 31.2. The van der Waals surface area contributed by atoms with Crippen molar-refractivity contribution >= 4 is 5.91 Å². The zero-order chi connectivity index (χ0) is 13.1. The second-order valence-electron chi connectivity index (χ2n) is 6.61. The molecule has 1 atom stereocenters. The third kappa shape index (κ3) is 2.87. The number of rotatable bonds is 4. The van der Waals surface area contributed by atoms with Crippen molar-refractivity contribution < 1.29 is 4.79 Å². The highest BCUT2D eigenvalue weighted by Gasteiger charge is 2.40. The van der Waals surface area contributed by atoms with Crippen molar-refractivity contribution in [1.29, 1.82) is 0 Å². The Morgan fingerprint density at radius 2 is 1.94 bits per heavy atom. The predicted molar refractivity (Wildman–Crippen MR) is 74.4 cm³/mol. The second-order valence-corrected chi connectivity index (χ2v) is 6.61. The molecule has 3 heteroatoms. The molecule has 0 aromatic carbocycles. The number of carbonyl (C=O) groups excluding carboxylic acids is 1. The molecule has 2 fully saturated rings. The first kappa shape index (κ1) is 13.9. The number of hydrogen-bond donors (Lipinski definition) is 2. The molecule has 1 aliphatic carbocycles. The smallest absolute Gasteiger partial charge is 0.226 e. The molecule has 1 unspecified atom stereocenters. The van der Waals surface area contributed by atoms with E-state index in [4.69, 9.17) is 0 Å². The van der Waals surface area contributed by atoms with E-state index in [0.717, 1.165) is 38.9 Å². The molecule has 2 rings (SSSR count). The third-order valence-electron chi connectivity index (χ3n) is 5.08. The van der Waals surface area contributed by atoms with Crippen LogP contribution in [0.1, 0.15) is 58.8 Å². The summed E-state index contributed by atoms with van der Waals surface area (Å²) < 4.78 is 0. The van der Waals surface area contributed by atoms with E-state index in [-0.39, 0.29) is 10.8 Å². The summed E-state index contributed by atoms with van der Waals surface area (Å²) in [6.07, 6.45) is 8.06. The van der Waals surface area contributed by atoms with Crippen LogP contribution in [0.15, 0.2) is 0 Å². The van der Waals surface area contributed by atoms with E-state index in [1.807, 2.05) is 0 Å². The van der Waals surface area contributed by atoms with Gasteiger partial charge < -0.3 is 10.6 Å². The molecule has 0 bridgehead atoms. The highest BCUT2D eigenvalue weighted by atomic mass is 16.2. The van der Waals surface area contributed by atoms with E-state index in [2.05, 4.69) is 24.5 Å². The van der Waals surface area contributed by atoms with Gasteiger partial charge in [0.2, 0.25) is 5.91 Å². The van der Waals surface area contributed by atoms with Gasteiger partial charge in [0.1, 0.15) is 0 Å². The summed E-state index contributed by atoms with van der Waals surface area (Å²) in [5.74, 6) is 0.314. The zero-order valence-corrected chi connectivity index (χ0v) is 12.0. The lowest BCUT2D eigenvalue weighted by Crippen LogP contribution is -2.48. The summed E-state index contributed by atoms with van der Waals surface area (Å²) in [5.41, 5.74) is 0.208.